The maximum absolute atomic E-state index is 13.2. The highest BCUT2D eigenvalue weighted by Crippen LogP contribution is 2.41. The van der Waals surface area contributed by atoms with E-state index in [0.717, 1.165) is 42.6 Å². The van der Waals surface area contributed by atoms with Crippen molar-refractivity contribution in [1.29, 1.82) is 0 Å². The first-order valence-corrected chi connectivity index (χ1v) is 12.4. The van der Waals surface area contributed by atoms with E-state index in [1.165, 1.54) is 11.1 Å². The zero-order chi connectivity index (χ0) is 24.5. The molecule has 3 aromatic rings. The molecule has 5 rings (SSSR count). The number of nitrogens with zero attached hydrogens (tertiary/aromatic N) is 2. The van der Waals surface area contributed by atoms with Crippen LogP contribution >= 0.6 is 0 Å². The maximum atomic E-state index is 13.2. The molecular formula is C30H32N2O3. The van der Waals surface area contributed by atoms with Gasteiger partial charge in [-0.05, 0) is 74.1 Å². The molecule has 3 aromatic carbocycles. The quantitative estimate of drug-likeness (QED) is 0.493. The predicted octanol–water partition coefficient (Wildman–Crippen LogP) is 5.31. The van der Waals surface area contributed by atoms with E-state index in [1.807, 2.05) is 42.5 Å². The molecule has 180 valence electrons. The number of fused-ring (bicyclic) bond motifs is 1. The number of hydrogen-bond donors (Lipinski definition) is 0. The van der Waals surface area contributed by atoms with E-state index in [2.05, 4.69) is 42.2 Å². The summed E-state index contributed by atoms with van der Waals surface area (Å²) in [6, 6.07) is 23.9. The van der Waals surface area contributed by atoms with Gasteiger partial charge < -0.3 is 14.5 Å². The summed E-state index contributed by atoms with van der Waals surface area (Å²) in [5, 5.41) is 0. The summed E-state index contributed by atoms with van der Waals surface area (Å²) in [5.41, 5.74) is 5.43. The Bertz CT molecular complexity index is 1240. The highest BCUT2D eigenvalue weighted by Gasteiger charge is 2.39. The number of anilines is 1. The lowest BCUT2D eigenvalue weighted by atomic mass is 9.87. The molecule has 1 aliphatic carbocycles. The van der Waals surface area contributed by atoms with Crippen LogP contribution in [0.15, 0.2) is 72.8 Å². The first kappa shape index (κ1) is 23.2. The third-order valence-corrected chi connectivity index (χ3v) is 7.05. The van der Waals surface area contributed by atoms with Crippen molar-refractivity contribution in [2.75, 3.05) is 18.5 Å². The summed E-state index contributed by atoms with van der Waals surface area (Å²) < 4.78 is 6.15. The maximum Gasteiger partial charge on any atom is 0.267 e. The van der Waals surface area contributed by atoms with E-state index in [-0.39, 0.29) is 23.8 Å². The molecular weight excluding hydrogens is 436 g/mol. The van der Waals surface area contributed by atoms with Crippen molar-refractivity contribution in [2.24, 2.45) is 5.92 Å². The van der Waals surface area contributed by atoms with Gasteiger partial charge in [-0.25, -0.2) is 0 Å². The molecule has 5 heteroatoms. The molecule has 35 heavy (non-hydrogen) atoms. The van der Waals surface area contributed by atoms with E-state index >= 15 is 0 Å². The third-order valence-electron chi connectivity index (χ3n) is 7.05. The van der Waals surface area contributed by atoms with Crippen molar-refractivity contribution < 1.29 is 14.3 Å². The summed E-state index contributed by atoms with van der Waals surface area (Å²) in [6.07, 6.45) is 2.14. The van der Waals surface area contributed by atoms with Crippen LogP contribution in [0.1, 0.15) is 48.1 Å². The Kier molecular flexibility index (Phi) is 6.33. The van der Waals surface area contributed by atoms with Crippen LogP contribution in [0.5, 0.6) is 5.75 Å². The Balaban J connectivity index is 1.44. The lowest BCUT2D eigenvalue weighted by molar-refractivity contribution is -0.134. The van der Waals surface area contributed by atoms with E-state index < -0.39 is 6.10 Å². The van der Waals surface area contributed by atoms with Crippen LogP contribution in [-0.4, -0.2) is 36.4 Å². The van der Waals surface area contributed by atoms with Gasteiger partial charge in [-0.3, -0.25) is 9.59 Å². The summed E-state index contributed by atoms with van der Waals surface area (Å²) in [6.45, 7) is 4.58. The molecule has 1 aliphatic heterocycles. The average Bonchev–Trinajstić information content (AvgIpc) is 3.73. The number of carbonyl (C=O) groups is 2. The second-order valence-corrected chi connectivity index (χ2v) is 9.73. The molecule has 0 spiro atoms. The second kappa shape index (κ2) is 9.57. The van der Waals surface area contributed by atoms with Gasteiger partial charge in [0, 0.05) is 25.2 Å². The second-order valence-electron chi connectivity index (χ2n) is 9.73. The fourth-order valence-electron chi connectivity index (χ4n) is 4.97. The van der Waals surface area contributed by atoms with Gasteiger partial charge in [-0.2, -0.15) is 0 Å². The van der Waals surface area contributed by atoms with Gasteiger partial charge in [0.2, 0.25) is 5.91 Å². The zero-order valence-corrected chi connectivity index (χ0v) is 20.6. The Hall–Kier alpha value is -3.60. The number of carbonyl (C=O) groups excluding carboxylic acids is 2. The van der Waals surface area contributed by atoms with Gasteiger partial charge in [0.1, 0.15) is 5.75 Å². The van der Waals surface area contributed by atoms with Crippen LogP contribution in [0.4, 0.5) is 5.69 Å². The van der Waals surface area contributed by atoms with Crippen LogP contribution in [0.3, 0.4) is 0 Å². The van der Waals surface area contributed by atoms with Gasteiger partial charge >= 0.3 is 0 Å². The van der Waals surface area contributed by atoms with Crippen molar-refractivity contribution >= 4 is 17.5 Å². The largest absolute Gasteiger partial charge is 0.481 e. The Morgan fingerprint density at radius 3 is 2.49 bits per heavy atom. The lowest BCUT2D eigenvalue weighted by Crippen LogP contribution is -2.41. The first-order chi connectivity index (χ1) is 16.9. The molecule has 0 radical (unpaired) electrons. The number of benzene rings is 3. The highest BCUT2D eigenvalue weighted by molar-refractivity contribution is 5.96. The van der Waals surface area contributed by atoms with Crippen LogP contribution in [0.25, 0.3) is 0 Å². The molecule has 2 aliphatic rings. The molecule has 5 nitrogen and oxygen atoms in total. The smallest absolute Gasteiger partial charge is 0.267 e. The van der Waals surface area contributed by atoms with E-state index in [9.17, 15) is 9.59 Å². The highest BCUT2D eigenvalue weighted by atomic mass is 16.5. The molecule has 0 saturated heterocycles. The molecule has 2 amide bonds. The topological polar surface area (TPSA) is 49.9 Å². The molecule has 0 N–H and O–H groups in total. The van der Waals surface area contributed by atoms with Crippen LogP contribution in [0, 0.1) is 12.8 Å². The van der Waals surface area contributed by atoms with Crippen LogP contribution in [0.2, 0.25) is 0 Å². The van der Waals surface area contributed by atoms with Crippen molar-refractivity contribution in [3.8, 4) is 5.75 Å². The van der Waals surface area contributed by atoms with Crippen molar-refractivity contribution in [2.45, 2.75) is 45.3 Å². The van der Waals surface area contributed by atoms with Crippen molar-refractivity contribution in [1.82, 2.24) is 4.90 Å². The fraction of sp³-hybridized carbons (Fsp3) is 0.333. The standard InChI is InChI=1S/C30H32N2O3/c1-20-8-7-9-24(18-20)28-27-19-26(15-14-22(27)16-17-32(28)30(34)23-12-13-23)35-21(2)29(33)31(3)25-10-5-4-6-11-25/h4-11,14-15,18-19,21,23,28H,12-13,16-17H2,1-3H3. The van der Waals surface area contributed by atoms with Crippen LogP contribution < -0.4 is 9.64 Å². The normalized spacial score (nSPS) is 17.9. The van der Waals surface area contributed by atoms with Gasteiger partial charge in [0.15, 0.2) is 6.10 Å². The van der Waals surface area contributed by atoms with Gasteiger partial charge in [-0.15, -0.1) is 0 Å². The van der Waals surface area contributed by atoms with Gasteiger partial charge in [-0.1, -0.05) is 54.1 Å². The Labute approximate surface area is 207 Å². The van der Waals surface area contributed by atoms with E-state index in [0.29, 0.717) is 5.75 Å². The minimum absolute atomic E-state index is 0.116. The fourth-order valence-corrected chi connectivity index (χ4v) is 4.97. The number of amides is 2. The number of hydrogen-bond acceptors (Lipinski definition) is 3. The average molecular weight is 469 g/mol. The van der Waals surface area contributed by atoms with Crippen molar-refractivity contribution in [3.05, 3.63) is 95.1 Å². The minimum atomic E-state index is -0.650. The van der Waals surface area contributed by atoms with Crippen LogP contribution in [-0.2, 0) is 16.0 Å². The Morgan fingerprint density at radius 1 is 1.00 bits per heavy atom. The number of likely N-dealkylation sites (N-methyl/N-ethyl adjacent to an activating group) is 1. The van der Waals surface area contributed by atoms with Gasteiger partial charge in [0.05, 0.1) is 6.04 Å². The van der Waals surface area contributed by atoms with Gasteiger partial charge in [0.25, 0.3) is 5.91 Å². The summed E-state index contributed by atoms with van der Waals surface area (Å²) in [7, 11) is 1.76. The monoisotopic (exact) mass is 468 g/mol. The molecule has 1 heterocycles. The SMILES string of the molecule is Cc1cccc(C2c3cc(OC(C)C(=O)N(C)c4ccccc4)ccc3CCN2C(=O)C2CC2)c1. The molecule has 0 bridgehead atoms. The minimum Gasteiger partial charge on any atom is -0.481 e. The first-order valence-electron chi connectivity index (χ1n) is 12.4. The van der Waals surface area contributed by atoms with Crippen molar-refractivity contribution in [3.63, 3.8) is 0 Å². The molecule has 1 saturated carbocycles. The summed E-state index contributed by atoms with van der Waals surface area (Å²) in [5.74, 6) is 0.940. The molecule has 2 atom stereocenters. The predicted molar refractivity (Wildman–Crippen MR) is 138 cm³/mol. The zero-order valence-electron chi connectivity index (χ0n) is 20.6. The lowest BCUT2D eigenvalue weighted by Gasteiger charge is -2.38. The summed E-state index contributed by atoms with van der Waals surface area (Å²) >= 11 is 0. The summed E-state index contributed by atoms with van der Waals surface area (Å²) in [4.78, 5) is 29.9. The molecule has 2 unspecified atom stereocenters. The number of rotatable bonds is 6. The number of para-hydroxylation sites is 1. The van der Waals surface area contributed by atoms with E-state index in [4.69, 9.17) is 4.74 Å². The number of aryl methyl sites for hydroxylation is 1. The molecule has 0 aromatic heterocycles. The van der Waals surface area contributed by atoms with E-state index in [1.54, 1.807) is 18.9 Å². The third kappa shape index (κ3) is 4.81. The number of ether oxygens (including phenoxy) is 1. The molecule has 1 fully saturated rings. The Morgan fingerprint density at radius 2 is 1.77 bits per heavy atom.